The third-order valence-corrected chi connectivity index (χ3v) is 2.43. The van der Waals surface area contributed by atoms with E-state index >= 15 is 0 Å². The molecule has 0 N–H and O–H groups in total. The Balaban J connectivity index is 2.11. The first-order valence-corrected chi connectivity index (χ1v) is 5.10. The van der Waals surface area contributed by atoms with Crippen molar-refractivity contribution in [3.8, 4) is 0 Å². The molecule has 0 aliphatic carbocycles. The number of hydroxylamine groups is 2. The molecule has 2 unspecified atom stereocenters. The topological polar surface area (TPSA) is 58.7 Å². The summed E-state index contributed by atoms with van der Waals surface area (Å²) in [6, 6.07) is 6.46. The molecule has 2 rings (SSSR count). The smallest absolute Gasteiger partial charge is 0.269 e. The van der Waals surface area contributed by atoms with Crippen molar-refractivity contribution in [2.45, 2.75) is 32.5 Å². The van der Waals surface area contributed by atoms with Gasteiger partial charge in [-0.25, -0.2) is 0 Å². The van der Waals surface area contributed by atoms with E-state index in [1.165, 1.54) is 12.1 Å². The minimum atomic E-state index is -0.404. The van der Waals surface area contributed by atoms with Gasteiger partial charge in [0.25, 0.3) is 5.69 Å². The molecular formula is C11H14N2O3. The van der Waals surface area contributed by atoms with Gasteiger partial charge in [0, 0.05) is 23.2 Å². The normalized spacial score (nSPS) is 24.2. The van der Waals surface area contributed by atoms with Crippen LogP contribution in [0.1, 0.15) is 32.6 Å². The first-order valence-electron chi connectivity index (χ1n) is 5.10. The molecule has 86 valence electrons. The van der Waals surface area contributed by atoms with Crippen LogP contribution >= 0.6 is 0 Å². The lowest BCUT2D eigenvalue weighted by molar-refractivity contribution is -0.384. The lowest BCUT2D eigenvalue weighted by Crippen LogP contribution is -2.25. The molecule has 0 spiro atoms. The highest BCUT2D eigenvalue weighted by molar-refractivity contribution is 5.34. The van der Waals surface area contributed by atoms with Crippen molar-refractivity contribution in [2.24, 2.45) is 0 Å². The summed E-state index contributed by atoms with van der Waals surface area (Å²) in [5.41, 5.74) is 0.999. The zero-order valence-corrected chi connectivity index (χ0v) is 9.51. The zero-order valence-electron chi connectivity index (χ0n) is 9.51. The van der Waals surface area contributed by atoms with Gasteiger partial charge >= 0.3 is 0 Å². The highest BCUT2D eigenvalue weighted by Gasteiger charge is 2.45. The molecule has 0 bridgehead atoms. The Morgan fingerprint density at radius 1 is 1.31 bits per heavy atom. The summed E-state index contributed by atoms with van der Waals surface area (Å²) in [6.45, 7) is 6.16. The largest absolute Gasteiger partial charge is 0.269 e. The summed E-state index contributed by atoms with van der Waals surface area (Å²) in [5, 5.41) is 12.4. The van der Waals surface area contributed by atoms with Gasteiger partial charge in [-0.3, -0.25) is 15.0 Å². The van der Waals surface area contributed by atoms with E-state index in [-0.39, 0.29) is 17.5 Å². The van der Waals surface area contributed by atoms with E-state index < -0.39 is 4.92 Å². The summed E-state index contributed by atoms with van der Waals surface area (Å²) in [6.07, 6.45) is -0.0687. The maximum atomic E-state index is 10.5. The summed E-state index contributed by atoms with van der Waals surface area (Å²) >= 11 is 0. The molecule has 1 aromatic carbocycles. The molecule has 0 saturated carbocycles. The lowest BCUT2D eigenvalue weighted by atomic mass is 10.1. The van der Waals surface area contributed by atoms with Gasteiger partial charge in [0.2, 0.25) is 0 Å². The van der Waals surface area contributed by atoms with Crippen molar-refractivity contribution < 1.29 is 9.76 Å². The average molecular weight is 222 g/mol. The van der Waals surface area contributed by atoms with Crippen LogP contribution in [-0.2, 0) is 4.84 Å². The Bertz CT molecular complexity index is 408. The molecular weight excluding hydrogens is 208 g/mol. The van der Waals surface area contributed by atoms with Crippen LogP contribution in [0.2, 0.25) is 0 Å². The summed E-state index contributed by atoms with van der Waals surface area (Å²) in [5.74, 6) is 0. The van der Waals surface area contributed by atoms with E-state index in [0.717, 1.165) is 5.56 Å². The number of hydrogen-bond acceptors (Lipinski definition) is 4. The van der Waals surface area contributed by atoms with E-state index in [1.54, 1.807) is 12.1 Å². The first kappa shape index (κ1) is 11.0. The Hall–Kier alpha value is -1.46. The number of rotatable bonds is 2. The van der Waals surface area contributed by atoms with Crippen LogP contribution in [0.5, 0.6) is 0 Å². The Morgan fingerprint density at radius 3 is 2.25 bits per heavy atom. The fourth-order valence-corrected chi connectivity index (χ4v) is 1.55. The standard InChI is InChI=1S/C11H14N2O3/c1-11(2,3)12-10(16-12)8-4-6-9(7-5-8)13(14)15/h4-7,10H,1-3H3. The van der Waals surface area contributed by atoms with Gasteiger partial charge in [-0.15, -0.1) is 5.06 Å². The van der Waals surface area contributed by atoms with Crippen LogP contribution in [-0.4, -0.2) is 15.5 Å². The molecule has 5 nitrogen and oxygen atoms in total. The fourth-order valence-electron chi connectivity index (χ4n) is 1.55. The lowest BCUT2D eigenvalue weighted by Gasteiger charge is -2.16. The van der Waals surface area contributed by atoms with Gasteiger partial charge in [-0.05, 0) is 32.9 Å². The van der Waals surface area contributed by atoms with Crippen LogP contribution in [0, 0.1) is 10.1 Å². The van der Waals surface area contributed by atoms with Crippen LogP contribution < -0.4 is 0 Å². The van der Waals surface area contributed by atoms with E-state index in [4.69, 9.17) is 4.84 Å². The van der Waals surface area contributed by atoms with Crippen molar-refractivity contribution >= 4 is 5.69 Å². The summed E-state index contributed by atoms with van der Waals surface area (Å²) < 4.78 is 0. The molecule has 0 aromatic heterocycles. The number of benzene rings is 1. The van der Waals surface area contributed by atoms with Gasteiger partial charge in [0.05, 0.1) is 4.92 Å². The van der Waals surface area contributed by atoms with Gasteiger partial charge < -0.3 is 0 Å². The van der Waals surface area contributed by atoms with Gasteiger partial charge in [-0.2, -0.15) is 0 Å². The van der Waals surface area contributed by atoms with Gasteiger partial charge in [0.1, 0.15) is 0 Å². The quantitative estimate of drug-likeness (QED) is 0.438. The number of nitro benzene ring substituents is 1. The summed E-state index contributed by atoms with van der Waals surface area (Å²) in [7, 11) is 0. The van der Waals surface area contributed by atoms with Crippen molar-refractivity contribution in [3.05, 3.63) is 39.9 Å². The predicted molar refractivity (Wildman–Crippen MR) is 58.5 cm³/mol. The minimum absolute atomic E-state index is 0.0492. The highest BCUT2D eigenvalue weighted by Crippen LogP contribution is 2.43. The average Bonchev–Trinajstić information content (AvgIpc) is 2.96. The first-order chi connectivity index (χ1) is 7.39. The number of hydrogen-bond donors (Lipinski definition) is 0. The van der Waals surface area contributed by atoms with Crippen LogP contribution in [0.15, 0.2) is 24.3 Å². The molecule has 1 fully saturated rings. The van der Waals surface area contributed by atoms with Crippen molar-refractivity contribution in [3.63, 3.8) is 0 Å². The molecule has 1 aromatic rings. The molecule has 16 heavy (non-hydrogen) atoms. The second-order valence-electron chi connectivity index (χ2n) is 4.80. The minimum Gasteiger partial charge on any atom is -0.269 e. The van der Waals surface area contributed by atoms with Crippen LogP contribution in [0.3, 0.4) is 0 Å². The second kappa shape index (κ2) is 3.54. The van der Waals surface area contributed by atoms with E-state index in [2.05, 4.69) is 20.8 Å². The fraction of sp³-hybridized carbons (Fsp3) is 0.455. The van der Waals surface area contributed by atoms with Crippen molar-refractivity contribution in [1.29, 1.82) is 0 Å². The Morgan fingerprint density at radius 2 is 1.88 bits per heavy atom. The molecule has 1 saturated heterocycles. The second-order valence-corrected chi connectivity index (χ2v) is 4.80. The maximum Gasteiger partial charge on any atom is 0.269 e. The predicted octanol–water partition coefficient (Wildman–Crippen LogP) is 2.64. The SMILES string of the molecule is CC(C)(C)N1OC1c1ccc([N+](=O)[O-])cc1. The molecule has 0 amide bonds. The maximum absolute atomic E-state index is 10.5. The van der Waals surface area contributed by atoms with Crippen LogP contribution in [0.4, 0.5) is 5.69 Å². The Labute approximate surface area is 93.7 Å². The van der Waals surface area contributed by atoms with Crippen LogP contribution in [0.25, 0.3) is 0 Å². The number of non-ortho nitro benzene ring substituents is 1. The van der Waals surface area contributed by atoms with Crippen molar-refractivity contribution in [1.82, 2.24) is 5.06 Å². The molecule has 1 aliphatic rings. The number of nitrogens with zero attached hydrogens (tertiary/aromatic N) is 2. The van der Waals surface area contributed by atoms with Gasteiger partial charge in [0.15, 0.2) is 6.23 Å². The molecule has 1 heterocycles. The molecule has 0 radical (unpaired) electrons. The van der Waals surface area contributed by atoms with Gasteiger partial charge in [-0.1, -0.05) is 0 Å². The van der Waals surface area contributed by atoms with E-state index in [0.29, 0.717) is 0 Å². The monoisotopic (exact) mass is 222 g/mol. The zero-order chi connectivity index (χ0) is 11.9. The highest BCUT2D eigenvalue weighted by atomic mass is 16.8. The van der Waals surface area contributed by atoms with Crippen molar-refractivity contribution in [2.75, 3.05) is 0 Å². The Kier molecular flexibility index (Phi) is 2.44. The molecule has 1 aliphatic heterocycles. The van der Waals surface area contributed by atoms with E-state index in [9.17, 15) is 10.1 Å². The number of nitro groups is 1. The summed E-state index contributed by atoms with van der Waals surface area (Å²) in [4.78, 5) is 15.5. The third kappa shape index (κ3) is 2.05. The third-order valence-electron chi connectivity index (χ3n) is 2.43. The molecule has 2 atom stereocenters. The molecule has 5 heteroatoms. The van der Waals surface area contributed by atoms with E-state index in [1.807, 2.05) is 5.06 Å².